The summed E-state index contributed by atoms with van der Waals surface area (Å²) < 4.78 is 9.21. The number of rotatable bonds is 7. The van der Waals surface area contributed by atoms with Gasteiger partial charge in [-0.25, -0.2) is 0 Å². The number of furan rings is 1. The fourth-order valence-electron chi connectivity index (χ4n) is 9.40. The van der Waals surface area contributed by atoms with Gasteiger partial charge in [-0.1, -0.05) is 182 Å². The third-order valence-electron chi connectivity index (χ3n) is 12.2. The molecule has 0 atom stereocenters. The summed E-state index contributed by atoms with van der Waals surface area (Å²) in [5.74, 6) is 0. The molecule has 0 radical (unpaired) electrons. The van der Waals surface area contributed by atoms with Crippen molar-refractivity contribution in [2.75, 3.05) is 4.90 Å². The lowest BCUT2D eigenvalue weighted by atomic mass is 9.99. The number of aromatic nitrogens is 1. The number of benzene rings is 10. The molecule has 0 aliphatic heterocycles. The molecule has 0 amide bonds. The normalized spacial score (nSPS) is 11.6. The molecule has 0 unspecified atom stereocenters. The van der Waals surface area contributed by atoms with Gasteiger partial charge in [-0.05, 0) is 70.6 Å². The van der Waals surface area contributed by atoms with E-state index in [-0.39, 0.29) is 0 Å². The average molecular weight is 779 g/mol. The lowest BCUT2D eigenvalue weighted by Gasteiger charge is -2.27. The molecule has 10 aromatic carbocycles. The molecular formula is C58H38N2O. The van der Waals surface area contributed by atoms with Gasteiger partial charge in [-0.3, -0.25) is 0 Å². The topological polar surface area (TPSA) is 21.3 Å². The van der Waals surface area contributed by atoms with Crippen LogP contribution in [-0.2, 0) is 0 Å². The number of para-hydroxylation sites is 5. The second-order valence-electron chi connectivity index (χ2n) is 15.6. The SMILES string of the molecule is c1ccc(-c2cccc3c2oc2c(-c4ccc(N(c5ccc(-c6ccccc6-n6c7ccccc7c7ccccc76)cc5)c5cccc6ccccc56)cc4)cccc23)cc1. The molecule has 2 heterocycles. The van der Waals surface area contributed by atoms with Gasteiger partial charge in [0.05, 0.1) is 22.4 Å². The molecule has 2 aromatic heterocycles. The molecule has 0 spiro atoms. The summed E-state index contributed by atoms with van der Waals surface area (Å²) in [5, 5.41) is 7.14. The van der Waals surface area contributed by atoms with E-state index < -0.39 is 0 Å². The van der Waals surface area contributed by atoms with Crippen LogP contribution < -0.4 is 4.90 Å². The minimum atomic E-state index is 0.899. The van der Waals surface area contributed by atoms with Crippen LogP contribution in [0.2, 0.25) is 0 Å². The van der Waals surface area contributed by atoms with Gasteiger partial charge in [-0.15, -0.1) is 0 Å². The Labute approximate surface area is 353 Å². The van der Waals surface area contributed by atoms with Crippen molar-refractivity contribution >= 4 is 71.6 Å². The van der Waals surface area contributed by atoms with Crippen molar-refractivity contribution in [2.24, 2.45) is 0 Å². The molecule has 0 aliphatic carbocycles. The number of hydrogen-bond acceptors (Lipinski definition) is 2. The first-order valence-electron chi connectivity index (χ1n) is 20.8. The van der Waals surface area contributed by atoms with Gasteiger partial charge in [0.15, 0.2) is 0 Å². The Kier molecular flexibility index (Phi) is 8.17. The Morgan fingerprint density at radius 3 is 1.39 bits per heavy atom. The summed E-state index contributed by atoms with van der Waals surface area (Å²) >= 11 is 0. The van der Waals surface area contributed by atoms with Crippen LogP contribution in [0.3, 0.4) is 0 Å². The van der Waals surface area contributed by atoms with Crippen molar-refractivity contribution < 1.29 is 4.42 Å². The summed E-state index contributed by atoms with van der Waals surface area (Å²) in [6.07, 6.45) is 0. The van der Waals surface area contributed by atoms with Gasteiger partial charge in [0, 0.05) is 55.0 Å². The van der Waals surface area contributed by atoms with Gasteiger partial charge in [0.1, 0.15) is 11.2 Å². The van der Waals surface area contributed by atoms with Gasteiger partial charge >= 0.3 is 0 Å². The summed E-state index contributed by atoms with van der Waals surface area (Å²) in [6.45, 7) is 0. The molecule has 0 fully saturated rings. The van der Waals surface area contributed by atoms with Gasteiger partial charge in [0.25, 0.3) is 0 Å². The summed E-state index contributed by atoms with van der Waals surface area (Å²) in [7, 11) is 0. The first kappa shape index (κ1) is 34.9. The first-order chi connectivity index (χ1) is 30.3. The third-order valence-corrected chi connectivity index (χ3v) is 12.2. The maximum Gasteiger partial charge on any atom is 0.143 e. The highest BCUT2D eigenvalue weighted by molar-refractivity contribution is 6.13. The molecule has 0 aliphatic rings. The minimum Gasteiger partial charge on any atom is -0.455 e. The minimum absolute atomic E-state index is 0.899. The van der Waals surface area contributed by atoms with E-state index in [0.29, 0.717) is 0 Å². The molecular weight excluding hydrogens is 741 g/mol. The maximum atomic E-state index is 6.80. The zero-order valence-corrected chi connectivity index (χ0v) is 33.2. The molecule has 0 saturated heterocycles. The quantitative estimate of drug-likeness (QED) is 0.161. The Morgan fingerprint density at radius 1 is 0.311 bits per heavy atom. The van der Waals surface area contributed by atoms with Crippen molar-refractivity contribution in [1.29, 1.82) is 0 Å². The van der Waals surface area contributed by atoms with Gasteiger partial charge in [0.2, 0.25) is 0 Å². The van der Waals surface area contributed by atoms with E-state index in [9.17, 15) is 0 Å². The Morgan fingerprint density at radius 2 is 0.754 bits per heavy atom. The standard InChI is InChI=1S/C58H38N2O/c1-2-15-40(16-3-1)47-23-13-25-51-52-26-14-24-48(58(52)61-57(47)51)42-33-37-44(38-34-42)59(53-30-12-18-39-17-4-5-19-45(39)53)43-35-31-41(32-36-43)46-20-6-9-27-54(46)60-55-28-10-7-21-49(55)50-22-8-11-29-56(50)60/h1-38H. The Bertz CT molecular complexity index is 3520. The highest BCUT2D eigenvalue weighted by Crippen LogP contribution is 2.44. The van der Waals surface area contributed by atoms with Crippen molar-refractivity contribution in [2.45, 2.75) is 0 Å². The zero-order valence-electron chi connectivity index (χ0n) is 33.2. The van der Waals surface area contributed by atoms with Crippen LogP contribution in [0.25, 0.3) is 93.6 Å². The predicted octanol–water partition coefficient (Wildman–Crippen LogP) is 16.3. The van der Waals surface area contributed by atoms with E-state index in [2.05, 4.69) is 240 Å². The fraction of sp³-hybridized carbons (Fsp3) is 0. The number of hydrogen-bond donors (Lipinski definition) is 0. The van der Waals surface area contributed by atoms with Crippen molar-refractivity contribution in [1.82, 2.24) is 4.57 Å². The lowest BCUT2D eigenvalue weighted by molar-refractivity contribution is 0.671. The molecule has 12 aromatic rings. The van der Waals surface area contributed by atoms with E-state index in [4.69, 9.17) is 4.42 Å². The first-order valence-corrected chi connectivity index (χ1v) is 20.8. The Hall–Kier alpha value is -8.14. The van der Waals surface area contributed by atoms with Crippen molar-refractivity contribution in [3.63, 3.8) is 0 Å². The van der Waals surface area contributed by atoms with E-state index in [0.717, 1.165) is 72.5 Å². The van der Waals surface area contributed by atoms with Crippen LogP contribution in [0.15, 0.2) is 235 Å². The molecule has 0 bridgehead atoms. The third kappa shape index (κ3) is 5.74. The molecule has 286 valence electrons. The zero-order chi connectivity index (χ0) is 40.3. The Balaban J connectivity index is 0.965. The summed E-state index contributed by atoms with van der Waals surface area (Å²) in [6, 6.07) is 82.7. The maximum absolute atomic E-state index is 6.80. The van der Waals surface area contributed by atoms with Crippen LogP contribution in [0, 0.1) is 0 Å². The largest absolute Gasteiger partial charge is 0.455 e. The van der Waals surface area contributed by atoms with E-state index >= 15 is 0 Å². The van der Waals surface area contributed by atoms with Crippen LogP contribution in [0.4, 0.5) is 17.1 Å². The average Bonchev–Trinajstić information content (AvgIpc) is 3.89. The molecule has 0 N–H and O–H groups in total. The molecule has 0 saturated carbocycles. The lowest BCUT2D eigenvalue weighted by Crippen LogP contribution is -2.10. The van der Waals surface area contributed by atoms with Gasteiger partial charge < -0.3 is 13.9 Å². The smallest absolute Gasteiger partial charge is 0.143 e. The number of nitrogens with zero attached hydrogens (tertiary/aromatic N) is 2. The second kappa shape index (κ2) is 14.3. The number of anilines is 3. The highest BCUT2D eigenvalue weighted by Gasteiger charge is 2.20. The molecule has 12 rings (SSSR count). The fourth-order valence-corrected chi connectivity index (χ4v) is 9.40. The van der Waals surface area contributed by atoms with E-state index in [1.165, 1.54) is 38.1 Å². The van der Waals surface area contributed by atoms with Crippen LogP contribution >= 0.6 is 0 Å². The van der Waals surface area contributed by atoms with E-state index in [1.807, 2.05) is 0 Å². The van der Waals surface area contributed by atoms with E-state index in [1.54, 1.807) is 0 Å². The number of fused-ring (bicyclic) bond motifs is 7. The molecule has 61 heavy (non-hydrogen) atoms. The van der Waals surface area contributed by atoms with Crippen LogP contribution in [0.5, 0.6) is 0 Å². The highest BCUT2D eigenvalue weighted by atomic mass is 16.3. The van der Waals surface area contributed by atoms with Crippen LogP contribution in [0.1, 0.15) is 0 Å². The summed E-state index contributed by atoms with van der Waals surface area (Å²) in [5.41, 5.74) is 15.4. The second-order valence-corrected chi connectivity index (χ2v) is 15.6. The summed E-state index contributed by atoms with van der Waals surface area (Å²) in [4.78, 5) is 2.38. The predicted molar refractivity (Wildman–Crippen MR) is 257 cm³/mol. The molecule has 3 nitrogen and oxygen atoms in total. The van der Waals surface area contributed by atoms with Crippen molar-refractivity contribution in [3.05, 3.63) is 231 Å². The van der Waals surface area contributed by atoms with Gasteiger partial charge in [-0.2, -0.15) is 0 Å². The van der Waals surface area contributed by atoms with Crippen LogP contribution in [-0.4, -0.2) is 4.57 Å². The monoisotopic (exact) mass is 778 g/mol. The molecule has 3 heteroatoms. The van der Waals surface area contributed by atoms with Crippen molar-refractivity contribution in [3.8, 4) is 39.1 Å².